The third-order valence-electron chi connectivity index (χ3n) is 9.03. The van der Waals surface area contributed by atoms with Crippen LogP contribution in [-0.4, -0.2) is 44.7 Å². The molecule has 1 atom stereocenters. The van der Waals surface area contributed by atoms with Gasteiger partial charge in [-0.15, -0.1) is 0 Å². The maximum Gasteiger partial charge on any atom is 0.411 e. The first-order valence-electron chi connectivity index (χ1n) is 15.6. The lowest BCUT2D eigenvalue weighted by Gasteiger charge is -2.47. The van der Waals surface area contributed by atoms with E-state index >= 15 is 0 Å². The minimum absolute atomic E-state index is 0.0201. The van der Waals surface area contributed by atoms with Gasteiger partial charge in [-0.05, 0) is 38.9 Å². The highest BCUT2D eigenvalue weighted by Gasteiger charge is 2.51. The summed E-state index contributed by atoms with van der Waals surface area (Å²) in [4.78, 5) is 37.0. The van der Waals surface area contributed by atoms with Crippen molar-refractivity contribution in [2.24, 2.45) is 0 Å². The second kappa shape index (κ2) is 12.8. The second-order valence-corrected chi connectivity index (χ2v) is 11.6. The minimum Gasteiger partial charge on any atom is -0.480 e. The molecule has 0 saturated carbocycles. The molecule has 0 fully saturated rings. The van der Waals surface area contributed by atoms with Gasteiger partial charge in [-0.2, -0.15) is 0 Å². The molecule has 1 aromatic heterocycles. The SMILES string of the molecule is O=C(O)C(Cc1cnc[nH]1)N(C(=O)OCC1c2ccccc2-c2ccccc21)C(c1ccccc1)(c1ccccc1)c1ccccc1. The topological polar surface area (TPSA) is 95.5 Å². The number of rotatable bonds is 10. The molecule has 1 heterocycles. The molecular weight excluding hydrogens is 586 g/mol. The molecule has 7 rings (SSSR count). The molecule has 5 aromatic carbocycles. The minimum atomic E-state index is -1.38. The van der Waals surface area contributed by atoms with Crippen LogP contribution in [0.3, 0.4) is 0 Å². The first kappa shape index (κ1) is 29.7. The number of aromatic nitrogens is 2. The lowest BCUT2D eigenvalue weighted by molar-refractivity contribution is -0.144. The standard InChI is InChI=1S/C40H33N3O4/c44-38(45)37(24-31-25-41-27-42-31)43(39(46)47-26-36-34-22-12-10-20-32(34)33-21-11-13-23-35(33)36)40(28-14-4-1-5-15-28,29-16-6-2-7-17-29)30-18-8-3-9-19-30/h1-23,25,27,36-37H,24,26H2,(H,41,42)(H,44,45). The number of H-pyrrole nitrogens is 1. The number of amides is 1. The number of carboxylic acids is 1. The Morgan fingerprint density at radius 2 is 1.19 bits per heavy atom. The Hall–Kier alpha value is -5.95. The summed E-state index contributed by atoms with van der Waals surface area (Å²) in [6.07, 6.45) is 2.33. The molecule has 1 amide bonds. The summed E-state index contributed by atoms with van der Waals surface area (Å²) in [7, 11) is 0. The number of ether oxygens (including phenoxy) is 1. The summed E-state index contributed by atoms with van der Waals surface area (Å²) in [6, 6.07) is 43.6. The van der Waals surface area contributed by atoms with Gasteiger partial charge >= 0.3 is 12.1 Å². The number of hydrogen-bond donors (Lipinski definition) is 2. The van der Waals surface area contributed by atoms with Crippen molar-refractivity contribution in [1.29, 1.82) is 0 Å². The monoisotopic (exact) mass is 619 g/mol. The van der Waals surface area contributed by atoms with Crippen LogP contribution in [0.4, 0.5) is 4.79 Å². The Labute approximate surface area is 273 Å². The van der Waals surface area contributed by atoms with Crippen molar-refractivity contribution in [3.8, 4) is 11.1 Å². The molecule has 47 heavy (non-hydrogen) atoms. The number of benzene rings is 5. The summed E-state index contributed by atoms with van der Waals surface area (Å²) in [5.74, 6) is -1.37. The molecule has 232 valence electrons. The predicted molar refractivity (Wildman–Crippen MR) is 180 cm³/mol. The fourth-order valence-electron chi connectivity index (χ4n) is 7.01. The number of aliphatic carboxylic acids is 1. The van der Waals surface area contributed by atoms with Crippen LogP contribution in [0.2, 0.25) is 0 Å². The molecule has 0 saturated heterocycles. The van der Waals surface area contributed by atoms with Gasteiger partial charge in [-0.3, -0.25) is 4.90 Å². The number of nitrogens with one attached hydrogen (secondary N) is 1. The fourth-order valence-corrected chi connectivity index (χ4v) is 7.01. The van der Waals surface area contributed by atoms with E-state index in [9.17, 15) is 14.7 Å². The largest absolute Gasteiger partial charge is 0.480 e. The van der Waals surface area contributed by atoms with Crippen LogP contribution < -0.4 is 0 Å². The molecule has 7 nitrogen and oxygen atoms in total. The van der Waals surface area contributed by atoms with Crippen molar-refractivity contribution in [2.75, 3.05) is 6.61 Å². The van der Waals surface area contributed by atoms with E-state index in [2.05, 4.69) is 34.2 Å². The number of carbonyl (C=O) groups excluding carboxylic acids is 1. The van der Waals surface area contributed by atoms with E-state index in [4.69, 9.17) is 4.74 Å². The molecule has 1 aliphatic rings. The number of carbonyl (C=O) groups is 2. The van der Waals surface area contributed by atoms with Crippen LogP contribution >= 0.6 is 0 Å². The molecule has 2 N–H and O–H groups in total. The second-order valence-electron chi connectivity index (χ2n) is 11.6. The zero-order valence-corrected chi connectivity index (χ0v) is 25.6. The highest BCUT2D eigenvalue weighted by Crippen LogP contribution is 2.47. The molecular formula is C40H33N3O4. The van der Waals surface area contributed by atoms with Gasteiger partial charge in [0.15, 0.2) is 0 Å². The van der Waals surface area contributed by atoms with Gasteiger partial charge in [-0.1, -0.05) is 140 Å². The molecule has 0 radical (unpaired) electrons. The van der Waals surface area contributed by atoms with Crippen molar-refractivity contribution in [3.05, 3.63) is 186 Å². The van der Waals surface area contributed by atoms with Gasteiger partial charge < -0.3 is 14.8 Å². The summed E-state index contributed by atoms with van der Waals surface area (Å²) in [6.45, 7) is 0.0359. The Kier molecular flexibility index (Phi) is 8.11. The summed E-state index contributed by atoms with van der Waals surface area (Å²) < 4.78 is 6.32. The quantitative estimate of drug-likeness (QED) is 0.154. The Morgan fingerprint density at radius 3 is 1.64 bits per heavy atom. The normalized spacial score (nSPS) is 12.9. The highest BCUT2D eigenvalue weighted by atomic mass is 16.6. The van der Waals surface area contributed by atoms with E-state index in [1.165, 1.54) is 11.2 Å². The Morgan fingerprint density at radius 1 is 0.723 bits per heavy atom. The molecule has 1 aliphatic carbocycles. The number of imidazole rings is 1. The average molecular weight is 620 g/mol. The van der Waals surface area contributed by atoms with Crippen molar-refractivity contribution in [1.82, 2.24) is 14.9 Å². The van der Waals surface area contributed by atoms with Crippen LogP contribution in [0.25, 0.3) is 11.1 Å². The van der Waals surface area contributed by atoms with Crippen molar-refractivity contribution in [3.63, 3.8) is 0 Å². The summed E-state index contributed by atoms with van der Waals surface area (Å²) >= 11 is 0. The third kappa shape index (κ3) is 5.36. The maximum atomic E-state index is 15.0. The van der Waals surface area contributed by atoms with E-state index in [0.717, 1.165) is 38.9 Å². The molecule has 6 aromatic rings. The molecule has 0 spiro atoms. The van der Waals surface area contributed by atoms with Crippen LogP contribution in [0.15, 0.2) is 152 Å². The van der Waals surface area contributed by atoms with Gasteiger partial charge in [0.1, 0.15) is 18.2 Å². The predicted octanol–water partition coefficient (Wildman–Crippen LogP) is 7.65. The fraction of sp³-hybridized carbons (Fsp3) is 0.125. The van der Waals surface area contributed by atoms with E-state index < -0.39 is 23.6 Å². The van der Waals surface area contributed by atoms with Crippen LogP contribution in [0.5, 0.6) is 0 Å². The number of nitrogens with zero attached hydrogens (tertiary/aromatic N) is 2. The average Bonchev–Trinajstić information content (AvgIpc) is 3.76. The maximum absolute atomic E-state index is 15.0. The van der Waals surface area contributed by atoms with E-state index in [0.29, 0.717) is 5.69 Å². The number of fused-ring (bicyclic) bond motifs is 3. The molecule has 7 heteroatoms. The highest BCUT2D eigenvalue weighted by molar-refractivity contribution is 5.83. The van der Waals surface area contributed by atoms with Crippen LogP contribution in [0, 0.1) is 0 Å². The van der Waals surface area contributed by atoms with Crippen molar-refractivity contribution >= 4 is 12.1 Å². The third-order valence-corrected chi connectivity index (χ3v) is 9.03. The smallest absolute Gasteiger partial charge is 0.411 e. The zero-order chi connectivity index (χ0) is 32.2. The number of aromatic amines is 1. The first-order valence-corrected chi connectivity index (χ1v) is 15.6. The summed E-state index contributed by atoms with van der Waals surface area (Å²) in [5, 5.41) is 11.0. The number of hydrogen-bond acceptors (Lipinski definition) is 4. The Balaban J connectivity index is 1.41. The van der Waals surface area contributed by atoms with Crippen molar-refractivity contribution < 1.29 is 19.4 Å². The number of carboxylic acid groups (broad SMARTS) is 1. The summed E-state index contributed by atoms with van der Waals surface area (Å²) in [5.41, 5.74) is 5.73. The van der Waals surface area contributed by atoms with Crippen molar-refractivity contribution in [2.45, 2.75) is 23.9 Å². The lowest BCUT2D eigenvalue weighted by Crippen LogP contribution is -2.59. The zero-order valence-electron chi connectivity index (χ0n) is 25.6. The van der Waals surface area contributed by atoms with Gasteiger partial charge in [0.25, 0.3) is 0 Å². The molecule has 0 bridgehead atoms. The van der Waals surface area contributed by atoms with Gasteiger partial charge in [0.05, 0.1) is 6.33 Å². The van der Waals surface area contributed by atoms with E-state index in [1.807, 2.05) is 115 Å². The molecule has 0 aliphatic heterocycles. The van der Waals surface area contributed by atoms with Gasteiger partial charge in [0.2, 0.25) is 0 Å². The Bertz CT molecular complexity index is 1840. The van der Waals surface area contributed by atoms with E-state index in [-0.39, 0.29) is 18.9 Å². The molecule has 1 unspecified atom stereocenters. The van der Waals surface area contributed by atoms with Crippen LogP contribution in [0.1, 0.15) is 39.4 Å². The lowest BCUT2D eigenvalue weighted by atomic mass is 9.74. The van der Waals surface area contributed by atoms with E-state index in [1.54, 1.807) is 6.20 Å². The first-order chi connectivity index (χ1) is 23.1. The van der Waals surface area contributed by atoms with Gasteiger partial charge in [0, 0.05) is 24.2 Å². The van der Waals surface area contributed by atoms with Gasteiger partial charge in [-0.25, -0.2) is 14.6 Å². The van der Waals surface area contributed by atoms with Crippen LogP contribution in [-0.2, 0) is 21.5 Å².